The number of carbonyl (C=O) groups excluding carboxylic acids is 3. The van der Waals surface area contributed by atoms with Crippen LogP contribution in [-0.4, -0.2) is 17.6 Å². The molecule has 1 heterocycles. The Hall–Kier alpha value is -2.60. The van der Waals surface area contributed by atoms with Gasteiger partial charge in [0.05, 0.1) is 16.1 Å². The summed E-state index contributed by atoms with van der Waals surface area (Å²) >= 11 is 5.96. The van der Waals surface area contributed by atoms with E-state index in [1.165, 1.54) is 0 Å². The van der Waals surface area contributed by atoms with Crippen LogP contribution in [0, 0.1) is 12.3 Å². The van der Waals surface area contributed by atoms with Crippen molar-refractivity contribution >= 4 is 29.2 Å². The van der Waals surface area contributed by atoms with E-state index in [2.05, 4.69) is 10.9 Å². The number of amides is 2. The number of ketones is 1. The first-order valence-corrected chi connectivity index (χ1v) is 8.58. The van der Waals surface area contributed by atoms with Gasteiger partial charge in [0.15, 0.2) is 11.5 Å². The number of hydrazine groups is 1. The van der Waals surface area contributed by atoms with Gasteiger partial charge in [-0.05, 0) is 24.5 Å². The van der Waals surface area contributed by atoms with Crippen molar-refractivity contribution in [2.45, 2.75) is 33.6 Å². The van der Waals surface area contributed by atoms with E-state index >= 15 is 0 Å². The van der Waals surface area contributed by atoms with E-state index in [0.29, 0.717) is 29.7 Å². The lowest BCUT2D eigenvalue weighted by molar-refractivity contribution is 0.0827. The lowest BCUT2D eigenvalue weighted by atomic mass is 9.76. The molecule has 2 N–H and O–H groups in total. The maximum atomic E-state index is 12.4. The number of rotatable bonds is 2. The number of benzene rings is 1. The van der Waals surface area contributed by atoms with Crippen LogP contribution in [0.5, 0.6) is 0 Å². The number of furan rings is 1. The Morgan fingerprint density at radius 2 is 1.77 bits per heavy atom. The predicted octanol–water partition coefficient (Wildman–Crippen LogP) is 3.47. The second-order valence-electron chi connectivity index (χ2n) is 7.18. The van der Waals surface area contributed by atoms with Gasteiger partial charge in [-0.2, -0.15) is 0 Å². The molecule has 7 heteroatoms. The molecule has 0 saturated carbocycles. The molecule has 2 amide bonds. The fourth-order valence-electron chi connectivity index (χ4n) is 3.18. The van der Waals surface area contributed by atoms with Crippen molar-refractivity contribution in [3.63, 3.8) is 0 Å². The van der Waals surface area contributed by atoms with Gasteiger partial charge in [0.1, 0.15) is 5.76 Å². The van der Waals surface area contributed by atoms with E-state index in [-0.39, 0.29) is 27.5 Å². The third kappa shape index (κ3) is 3.37. The van der Waals surface area contributed by atoms with Gasteiger partial charge >= 0.3 is 5.91 Å². The summed E-state index contributed by atoms with van der Waals surface area (Å²) in [6.45, 7) is 5.63. The first kappa shape index (κ1) is 18.2. The molecule has 0 bridgehead atoms. The zero-order valence-corrected chi connectivity index (χ0v) is 15.5. The minimum absolute atomic E-state index is 0.0282. The van der Waals surface area contributed by atoms with Crippen LogP contribution < -0.4 is 10.9 Å². The summed E-state index contributed by atoms with van der Waals surface area (Å²) in [6, 6.07) is 6.49. The molecule has 26 heavy (non-hydrogen) atoms. The Kier molecular flexibility index (Phi) is 4.63. The monoisotopic (exact) mass is 374 g/mol. The van der Waals surface area contributed by atoms with Crippen LogP contribution in [0.15, 0.2) is 28.7 Å². The Balaban J connectivity index is 1.77. The molecule has 1 aliphatic rings. The van der Waals surface area contributed by atoms with Gasteiger partial charge in [-0.25, -0.2) is 0 Å². The quantitative estimate of drug-likeness (QED) is 0.788. The summed E-state index contributed by atoms with van der Waals surface area (Å²) in [5, 5.41) is 0.275. The van der Waals surface area contributed by atoms with Gasteiger partial charge in [-0.15, -0.1) is 0 Å². The number of Topliss-reactive ketones (excluding diaryl/α,β-unsaturated/α-hetero) is 1. The molecule has 0 fully saturated rings. The summed E-state index contributed by atoms with van der Waals surface area (Å²) < 4.78 is 5.66. The predicted molar refractivity (Wildman–Crippen MR) is 96.3 cm³/mol. The molecule has 0 atom stereocenters. The Bertz CT molecular complexity index is 914. The largest absolute Gasteiger partial charge is 0.455 e. The molecular weight excluding hydrogens is 356 g/mol. The summed E-state index contributed by atoms with van der Waals surface area (Å²) in [5.74, 6) is -0.651. The summed E-state index contributed by atoms with van der Waals surface area (Å²) in [7, 11) is 0. The van der Waals surface area contributed by atoms with Gasteiger partial charge < -0.3 is 4.42 Å². The molecule has 136 valence electrons. The second-order valence-corrected chi connectivity index (χ2v) is 7.59. The highest BCUT2D eigenvalue weighted by atomic mass is 35.5. The maximum Gasteiger partial charge on any atom is 0.305 e. The lowest BCUT2D eigenvalue weighted by Gasteiger charge is -2.27. The first-order valence-electron chi connectivity index (χ1n) is 8.20. The fraction of sp³-hybridized carbons (Fsp3) is 0.316. The molecule has 0 radical (unpaired) electrons. The van der Waals surface area contributed by atoms with Crippen LogP contribution >= 0.6 is 11.6 Å². The van der Waals surface area contributed by atoms with E-state index < -0.39 is 11.8 Å². The van der Waals surface area contributed by atoms with Crippen LogP contribution in [0.3, 0.4) is 0 Å². The molecule has 1 aromatic heterocycles. The maximum absolute atomic E-state index is 12.4. The number of halogens is 1. The summed E-state index contributed by atoms with van der Waals surface area (Å²) in [6.07, 6.45) is 0.985. The Morgan fingerprint density at radius 1 is 1.12 bits per heavy atom. The van der Waals surface area contributed by atoms with Crippen LogP contribution in [0.4, 0.5) is 0 Å². The molecule has 2 aromatic rings. The van der Waals surface area contributed by atoms with Crippen molar-refractivity contribution in [2.24, 2.45) is 5.41 Å². The van der Waals surface area contributed by atoms with Crippen molar-refractivity contribution in [3.8, 4) is 0 Å². The molecule has 0 aliphatic heterocycles. The van der Waals surface area contributed by atoms with E-state index in [1.807, 2.05) is 13.8 Å². The molecular formula is C19H19ClN2O4. The van der Waals surface area contributed by atoms with Crippen molar-refractivity contribution in [1.82, 2.24) is 10.9 Å². The zero-order chi connectivity index (χ0) is 19.1. The minimum atomic E-state index is -0.622. The zero-order valence-electron chi connectivity index (χ0n) is 14.7. The highest BCUT2D eigenvalue weighted by Gasteiger charge is 2.37. The molecule has 1 aliphatic carbocycles. The Labute approximate surface area is 155 Å². The molecule has 6 nitrogen and oxygen atoms in total. The summed E-state index contributed by atoms with van der Waals surface area (Å²) in [5.41, 5.74) is 5.61. The standard InChI is InChI=1S/C19H19ClN2O4/c1-10-15-13(23)8-19(2,3)9-14(15)26-16(10)18(25)22-21-17(24)11-6-4-5-7-12(11)20/h4-7H,8-9H2,1-3H3,(H,21,24)(H,22,25). The highest BCUT2D eigenvalue weighted by Crippen LogP contribution is 2.38. The topological polar surface area (TPSA) is 88.4 Å². The van der Waals surface area contributed by atoms with E-state index in [4.69, 9.17) is 16.0 Å². The molecule has 0 unspecified atom stereocenters. The van der Waals surface area contributed by atoms with Crippen molar-refractivity contribution in [2.75, 3.05) is 0 Å². The third-order valence-electron chi connectivity index (χ3n) is 4.39. The molecule has 3 rings (SSSR count). The summed E-state index contributed by atoms with van der Waals surface area (Å²) in [4.78, 5) is 36.9. The van der Waals surface area contributed by atoms with Crippen LogP contribution in [0.2, 0.25) is 5.02 Å². The fourth-order valence-corrected chi connectivity index (χ4v) is 3.40. The van der Waals surface area contributed by atoms with Crippen LogP contribution in [0.25, 0.3) is 0 Å². The first-order chi connectivity index (χ1) is 12.2. The van der Waals surface area contributed by atoms with Gasteiger partial charge in [-0.3, -0.25) is 25.2 Å². The molecule has 0 spiro atoms. The highest BCUT2D eigenvalue weighted by molar-refractivity contribution is 6.33. The number of fused-ring (bicyclic) bond motifs is 1. The van der Waals surface area contributed by atoms with Gasteiger partial charge in [0.25, 0.3) is 5.91 Å². The van der Waals surface area contributed by atoms with Gasteiger partial charge in [0, 0.05) is 18.4 Å². The molecule has 0 saturated heterocycles. The van der Waals surface area contributed by atoms with Crippen molar-refractivity contribution in [3.05, 3.63) is 57.5 Å². The van der Waals surface area contributed by atoms with Gasteiger partial charge in [-0.1, -0.05) is 37.6 Å². The SMILES string of the molecule is Cc1c(C(=O)NNC(=O)c2ccccc2Cl)oc2c1C(=O)CC(C)(C)C2. The van der Waals surface area contributed by atoms with E-state index in [9.17, 15) is 14.4 Å². The average Bonchev–Trinajstić information content (AvgIpc) is 2.88. The van der Waals surface area contributed by atoms with Crippen molar-refractivity contribution < 1.29 is 18.8 Å². The Morgan fingerprint density at radius 3 is 2.46 bits per heavy atom. The average molecular weight is 375 g/mol. The second kappa shape index (κ2) is 6.61. The van der Waals surface area contributed by atoms with Gasteiger partial charge in [0.2, 0.25) is 0 Å². The number of hydrogen-bond acceptors (Lipinski definition) is 4. The third-order valence-corrected chi connectivity index (χ3v) is 4.72. The van der Waals surface area contributed by atoms with E-state index in [1.54, 1.807) is 31.2 Å². The van der Waals surface area contributed by atoms with Crippen LogP contribution in [-0.2, 0) is 6.42 Å². The van der Waals surface area contributed by atoms with E-state index in [0.717, 1.165) is 0 Å². The number of carbonyl (C=O) groups is 3. The number of hydrogen-bond donors (Lipinski definition) is 2. The molecule has 1 aromatic carbocycles. The van der Waals surface area contributed by atoms with Crippen molar-refractivity contribution in [1.29, 1.82) is 0 Å². The minimum Gasteiger partial charge on any atom is -0.455 e. The smallest absolute Gasteiger partial charge is 0.305 e. The lowest BCUT2D eigenvalue weighted by Crippen LogP contribution is -2.41. The number of nitrogens with one attached hydrogen (secondary N) is 2. The van der Waals surface area contributed by atoms with Crippen LogP contribution in [0.1, 0.15) is 62.9 Å². The normalized spacial score (nSPS) is 15.3.